The molecule has 98 valence electrons. The summed E-state index contributed by atoms with van der Waals surface area (Å²) in [5, 5.41) is 2.66. The standard InChI is InChI=1S/C13H24N2O2/c1-5-10(6-2)9(4)15-11(7-3)13(17)14-8-12(15)16/h9-11H,5-8H2,1-4H3,(H,14,17). The lowest BCUT2D eigenvalue weighted by atomic mass is 9.92. The van der Waals surface area contributed by atoms with E-state index >= 15 is 0 Å². The Morgan fingerprint density at radius 3 is 2.35 bits per heavy atom. The van der Waals surface area contributed by atoms with Crippen LogP contribution in [0.4, 0.5) is 0 Å². The van der Waals surface area contributed by atoms with Gasteiger partial charge in [0.05, 0.1) is 6.54 Å². The van der Waals surface area contributed by atoms with Crippen LogP contribution in [0.1, 0.15) is 47.0 Å². The molecule has 0 spiro atoms. The minimum atomic E-state index is -0.285. The molecule has 0 radical (unpaired) electrons. The van der Waals surface area contributed by atoms with E-state index in [0.29, 0.717) is 12.3 Å². The van der Waals surface area contributed by atoms with Crippen molar-refractivity contribution in [1.82, 2.24) is 10.2 Å². The summed E-state index contributed by atoms with van der Waals surface area (Å²) in [5.74, 6) is 0.514. The Kier molecular flexibility index (Phi) is 4.97. The summed E-state index contributed by atoms with van der Waals surface area (Å²) in [5.41, 5.74) is 0. The summed E-state index contributed by atoms with van der Waals surface area (Å²) in [6.07, 6.45) is 2.76. The van der Waals surface area contributed by atoms with Crippen LogP contribution in [0, 0.1) is 5.92 Å². The van der Waals surface area contributed by atoms with E-state index in [1.165, 1.54) is 0 Å². The summed E-state index contributed by atoms with van der Waals surface area (Å²) < 4.78 is 0. The number of amides is 2. The van der Waals surface area contributed by atoms with Crippen LogP contribution in [0.2, 0.25) is 0 Å². The van der Waals surface area contributed by atoms with Crippen molar-refractivity contribution >= 4 is 11.8 Å². The predicted molar refractivity (Wildman–Crippen MR) is 67.5 cm³/mol. The van der Waals surface area contributed by atoms with Crippen LogP contribution in [0.15, 0.2) is 0 Å². The van der Waals surface area contributed by atoms with Crippen molar-refractivity contribution in [3.05, 3.63) is 0 Å². The van der Waals surface area contributed by atoms with Gasteiger partial charge in [-0.05, 0) is 19.3 Å². The van der Waals surface area contributed by atoms with Gasteiger partial charge in [0.25, 0.3) is 0 Å². The lowest BCUT2D eigenvalue weighted by Gasteiger charge is -2.41. The van der Waals surface area contributed by atoms with Gasteiger partial charge in [-0.15, -0.1) is 0 Å². The molecule has 1 saturated heterocycles. The zero-order valence-electron chi connectivity index (χ0n) is 11.3. The SMILES string of the molecule is CCC(CC)C(C)N1C(=O)CNC(=O)C1CC. The van der Waals surface area contributed by atoms with Crippen molar-refractivity contribution in [3.63, 3.8) is 0 Å². The number of hydrogen-bond donors (Lipinski definition) is 1. The second-order valence-corrected chi connectivity index (χ2v) is 4.76. The van der Waals surface area contributed by atoms with Crippen molar-refractivity contribution in [3.8, 4) is 0 Å². The second-order valence-electron chi connectivity index (χ2n) is 4.76. The van der Waals surface area contributed by atoms with Gasteiger partial charge in [-0.2, -0.15) is 0 Å². The van der Waals surface area contributed by atoms with Crippen LogP contribution < -0.4 is 5.32 Å². The fourth-order valence-corrected chi connectivity index (χ4v) is 2.76. The summed E-state index contributed by atoms with van der Waals surface area (Å²) in [6.45, 7) is 8.45. The first-order chi connectivity index (χ1) is 8.06. The molecule has 0 aromatic heterocycles. The molecule has 4 nitrogen and oxygen atoms in total. The lowest BCUT2D eigenvalue weighted by Crippen LogP contribution is -2.61. The van der Waals surface area contributed by atoms with E-state index in [1.807, 2.05) is 6.92 Å². The molecule has 17 heavy (non-hydrogen) atoms. The number of hydrogen-bond acceptors (Lipinski definition) is 2. The smallest absolute Gasteiger partial charge is 0.243 e. The van der Waals surface area contributed by atoms with E-state index in [-0.39, 0.29) is 30.4 Å². The largest absolute Gasteiger partial charge is 0.345 e. The molecule has 0 aliphatic carbocycles. The van der Waals surface area contributed by atoms with Crippen LogP contribution in [-0.4, -0.2) is 35.3 Å². The van der Waals surface area contributed by atoms with Gasteiger partial charge in [0.1, 0.15) is 6.04 Å². The molecule has 2 atom stereocenters. The van der Waals surface area contributed by atoms with Crippen LogP contribution in [0.25, 0.3) is 0 Å². The van der Waals surface area contributed by atoms with E-state index in [0.717, 1.165) is 12.8 Å². The Morgan fingerprint density at radius 1 is 1.29 bits per heavy atom. The van der Waals surface area contributed by atoms with E-state index in [1.54, 1.807) is 4.90 Å². The number of carbonyl (C=O) groups is 2. The fraction of sp³-hybridized carbons (Fsp3) is 0.846. The van der Waals surface area contributed by atoms with Gasteiger partial charge >= 0.3 is 0 Å². The Labute approximate surface area is 104 Å². The Morgan fingerprint density at radius 2 is 1.88 bits per heavy atom. The maximum Gasteiger partial charge on any atom is 0.243 e. The third-order valence-corrected chi connectivity index (χ3v) is 3.90. The highest BCUT2D eigenvalue weighted by Crippen LogP contribution is 2.23. The van der Waals surface area contributed by atoms with Gasteiger partial charge in [-0.1, -0.05) is 33.6 Å². The maximum atomic E-state index is 12.0. The highest BCUT2D eigenvalue weighted by atomic mass is 16.2. The fourth-order valence-electron chi connectivity index (χ4n) is 2.76. The monoisotopic (exact) mass is 240 g/mol. The van der Waals surface area contributed by atoms with Gasteiger partial charge in [-0.3, -0.25) is 9.59 Å². The molecule has 1 heterocycles. The normalized spacial score (nSPS) is 22.9. The molecule has 4 heteroatoms. The van der Waals surface area contributed by atoms with Gasteiger partial charge < -0.3 is 10.2 Å². The summed E-state index contributed by atoms with van der Waals surface area (Å²) in [4.78, 5) is 25.6. The highest BCUT2D eigenvalue weighted by Gasteiger charge is 2.37. The van der Waals surface area contributed by atoms with Crippen LogP contribution in [0.5, 0.6) is 0 Å². The zero-order chi connectivity index (χ0) is 13.0. The highest BCUT2D eigenvalue weighted by molar-refractivity contribution is 5.94. The van der Waals surface area contributed by atoms with Crippen molar-refractivity contribution in [1.29, 1.82) is 0 Å². The van der Waals surface area contributed by atoms with E-state index in [9.17, 15) is 9.59 Å². The van der Waals surface area contributed by atoms with Gasteiger partial charge in [-0.25, -0.2) is 0 Å². The zero-order valence-corrected chi connectivity index (χ0v) is 11.3. The first-order valence-electron chi connectivity index (χ1n) is 6.65. The Bertz CT molecular complexity index is 287. The Hall–Kier alpha value is -1.06. The average Bonchev–Trinajstić information content (AvgIpc) is 2.33. The minimum Gasteiger partial charge on any atom is -0.345 e. The molecule has 2 unspecified atom stereocenters. The molecular formula is C13H24N2O2. The van der Waals surface area contributed by atoms with Crippen molar-refractivity contribution in [2.45, 2.75) is 59.0 Å². The molecule has 1 rings (SSSR count). The number of nitrogens with zero attached hydrogens (tertiary/aromatic N) is 1. The Balaban J connectivity index is 2.89. The second kappa shape index (κ2) is 6.03. The van der Waals surface area contributed by atoms with Crippen LogP contribution in [-0.2, 0) is 9.59 Å². The third-order valence-electron chi connectivity index (χ3n) is 3.90. The topological polar surface area (TPSA) is 49.4 Å². The number of nitrogens with one attached hydrogen (secondary N) is 1. The molecule has 2 amide bonds. The molecule has 1 fully saturated rings. The number of carbonyl (C=O) groups excluding carboxylic acids is 2. The minimum absolute atomic E-state index is 0.00935. The van der Waals surface area contributed by atoms with Gasteiger partial charge in [0.2, 0.25) is 11.8 Å². The molecular weight excluding hydrogens is 216 g/mol. The number of rotatable bonds is 5. The summed E-state index contributed by atoms with van der Waals surface area (Å²) in [7, 11) is 0. The van der Waals surface area contributed by atoms with E-state index in [2.05, 4.69) is 26.1 Å². The quantitative estimate of drug-likeness (QED) is 0.792. The van der Waals surface area contributed by atoms with Crippen LogP contribution >= 0.6 is 0 Å². The molecule has 0 aromatic carbocycles. The molecule has 1 aliphatic heterocycles. The molecule has 1 N–H and O–H groups in total. The predicted octanol–water partition coefficient (Wildman–Crippen LogP) is 1.55. The van der Waals surface area contributed by atoms with Crippen molar-refractivity contribution in [2.24, 2.45) is 5.92 Å². The van der Waals surface area contributed by atoms with Crippen LogP contribution in [0.3, 0.4) is 0 Å². The van der Waals surface area contributed by atoms with Gasteiger partial charge in [0.15, 0.2) is 0 Å². The summed E-state index contributed by atoms with van der Waals surface area (Å²) in [6, 6.07) is -0.139. The lowest BCUT2D eigenvalue weighted by molar-refractivity contribution is -0.149. The van der Waals surface area contributed by atoms with Crippen molar-refractivity contribution in [2.75, 3.05) is 6.54 Å². The van der Waals surface area contributed by atoms with Gasteiger partial charge in [0, 0.05) is 6.04 Å². The maximum absolute atomic E-state index is 12.0. The number of piperazine rings is 1. The van der Waals surface area contributed by atoms with E-state index in [4.69, 9.17) is 0 Å². The molecule has 0 bridgehead atoms. The third kappa shape index (κ3) is 2.79. The average molecular weight is 240 g/mol. The summed E-state index contributed by atoms with van der Waals surface area (Å²) >= 11 is 0. The van der Waals surface area contributed by atoms with E-state index < -0.39 is 0 Å². The first kappa shape index (κ1) is 14.0. The molecule has 0 aromatic rings. The van der Waals surface area contributed by atoms with Crippen molar-refractivity contribution < 1.29 is 9.59 Å². The first-order valence-corrected chi connectivity index (χ1v) is 6.65. The molecule has 0 saturated carbocycles. The molecule has 1 aliphatic rings.